The Morgan fingerprint density at radius 1 is 1.15 bits per heavy atom. The number of morpholine rings is 1. The molecule has 7 heteroatoms. The fourth-order valence-corrected chi connectivity index (χ4v) is 3.98. The molecule has 1 unspecified atom stereocenters. The third kappa shape index (κ3) is 3.98. The van der Waals surface area contributed by atoms with Crippen LogP contribution in [0.25, 0.3) is 5.52 Å². The van der Waals surface area contributed by atoms with Crippen LogP contribution in [0.5, 0.6) is 0 Å². The van der Waals surface area contributed by atoms with Crippen LogP contribution in [0.3, 0.4) is 0 Å². The first-order valence-corrected chi connectivity index (χ1v) is 9.86. The lowest BCUT2D eigenvalue weighted by Crippen LogP contribution is -2.53. The number of nitrogens with zero attached hydrogens (tertiary/aromatic N) is 3. The molecule has 144 valence electrons. The first kappa shape index (κ1) is 18.0. The zero-order valence-electron chi connectivity index (χ0n) is 15.5. The maximum Gasteiger partial charge on any atom is 0.257 e. The predicted molar refractivity (Wildman–Crippen MR) is 100 cm³/mol. The summed E-state index contributed by atoms with van der Waals surface area (Å²) in [6, 6.07) is 5.86. The van der Waals surface area contributed by atoms with Crippen molar-refractivity contribution >= 4 is 17.3 Å². The summed E-state index contributed by atoms with van der Waals surface area (Å²) >= 11 is 0. The van der Waals surface area contributed by atoms with Gasteiger partial charge < -0.3 is 15.0 Å². The van der Waals surface area contributed by atoms with Gasteiger partial charge in [0.05, 0.1) is 30.4 Å². The summed E-state index contributed by atoms with van der Waals surface area (Å²) in [6.07, 6.45) is 9.68. The molecule has 0 spiro atoms. The van der Waals surface area contributed by atoms with Crippen molar-refractivity contribution < 1.29 is 14.3 Å². The van der Waals surface area contributed by atoms with E-state index in [-0.39, 0.29) is 24.4 Å². The quantitative estimate of drug-likeness (QED) is 0.839. The molecule has 1 atom stereocenters. The van der Waals surface area contributed by atoms with Gasteiger partial charge in [0.1, 0.15) is 0 Å². The molecule has 1 N–H and O–H groups in total. The van der Waals surface area contributed by atoms with Crippen molar-refractivity contribution in [2.45, 2.75) is 50.7 Å². The molecular weight excluding hydrogens is 344 g/mol. The number of amides is 2. The molecule has 0 aromatic carbocycles. The van der Waals surface area contributed by atoms with Crippen LogP contribution in [0.15, 0.2) is 30.6 Å². The largest absolute Gasteiger partial charge is 0.365 e. The van der Waals surface area contributed by atoms with E-state index < -0.39 is 6.10 Å². The summed E-state index contributed by atoms with van der Waals surface area (Å²) in [5.74, 6) is -0.203. The van der Waals surface area contributed by atoms with Gasteiger partial charge in [-0.2, -0.15) is 5.10 Å². The molecule has 2 aromatic rings. The molecule has 1 aliphatic carbocycles. The number of aromatic nitrogens is 2. The Kier molecular flexibility index (Phi) is 5.38. The van der Waals surface area contributed by atoms with Crippen LogP contribution in [0.4, 0.5) is 0 Å². The van der Waals surface area contributed by atoms with Crippen molar-refractivity contribution in [3.8, 4) is 0 Å². The minimum Gasteiger partial charge on any atom is -0.365 e. The van der Waals surface area contributed by atoms with E-state index in [1.165, 1.54) is 12.8 Å². The smallest absolute Gasteiger partial charge is 0.257 e. The zero-order chi connectivity index (χ0) is 18.6. The van der Waals surface area contributed by atoms with E-state index in [1.807, 2.05) is 24.4 Å². The van der Waals surface area contributed by atoms with E-state index in [1.54, 1.807) is 15.6 Å². The van der Waals surface area contributed by atoms with Gasteiger partial charge in [-0.15, -0.1) is 0 Å². The molecule has 2 aromatic heterocycles. The van der Waals surface area contributed by atoms with Crippen molar-refractivity contribution in [1.82, 2.24) is 19.8 Å². The second-order valence-electron chi connectivity index (χ2n) is 7.40. The minimum absolute atomic E-state index is 0.0979. The Balaban J connectivity index is 1.41. The predicted octanol–water partition coefficient (Wildman–Crippen LogP) is 2.01. The highest BCUT2D eigenvalue weighted by Gasteiger charge is 2.31. The van der Waals surface area contributed by atoms with E-state index >= 15 is 0 Å². The van der Waals surface area contributed by atoms with Crippen molar-refractivity contribution in [2.75, 3.05) is 19.7 Å². The average Bonchev–Trinajstić information content (AvgIpc) is 2.97. The van der Waals surface area contributed by atoms with Crippen LogP contribution in [-0.2, 0) is 9.53 Å². The Morgan fingerprint density at radius 2 is 1.96 bits per heavy atom. The summed E-state index contributed by atoms with van der Waals surface area (Å²) < 4.78 is 7.36. The number of hydrogen-bond acceptors (Lipinski definition) is 4. The van der Waals surface area contributed by atoms with Crippen LogP contribution in [0.2, 0.25) is 0 Å². The van der Waals surface area contributed by atoms with Crippen molar-refractivity contribution in [1.29, 1.82) is 0 Å². The molecule has 0 bridgehead atoms. The molecule has 1 saturated carbocycles. The van der Waals surface area contributed by atoms with E-state index in [2.05, 4.69) is 10.4 Å². The number of carbonyl (C=O) groups is 2. The monoisotopic (exact) mass is 370 g/mol. The Bertz CT molecular complexity index is 810. The van der Waals surface area contributed by atoms with Gasteiger partial charge >= 0.3 is 0 Å². The molecule has 1 aliphatic heterocycles. The number of fused-ring (bicyclic) bond motifs is 1. The topological polar surface area (TPSA) is 75.9 Å². The molecule has 27 heavy (non-hydrogen) atoms. The highest BCUT2D eigenvalue weighted by atomic mass is 16.5. The van der Waals surface area contributed by atoms with Crippen LogP contribution in [-0.4, -0.2) is 58.2 Å². The third-order valence-corrected chi connectivity index (χ3v) is 5.50. The lowest BCUT2D eigenvalue weighted by atomic mass is 10.1. The minimum atomic E-state index is -0.604. The molecule has 2 amide bonds. The van der Waals surface area contributed by atoms with Gasteiger partial charge in [-0.3, -0.25) is 9.59 Å². The van der Waals surface area contributed by atoms with Gasteiger partial charge in [0.25, 0.3) is 11.8 Å². The van der Waals surface area contributed by atoms with Gasteiger partial charge in [-0.05, 0) is 25.0 Å². The van der Waals surface area contributed by atoms with Gasteiger partial charge in [-0.25, -0.2) is 4.52 Å². The summed E-state index contributed by atoms with van der Waals surface area (Å²) in [4.78, 5) is 27.3. The summed E-state index contributed by atoms with van der Waals surface area (Å²) in [7, 11) is 0. The normalized spacial score (nSPS) is 21.8. The van der Waals surface area contributed by atoms with Crippen molar-refractivity contribution in [3.05, 3.63) is 36.2 Å². The Hall–Kier alpha value is -2.41. The second-order valence-corrected chi connectivity index (χ2v) is 7.40. The zero-order valence-corrected chi connectivity index (χ0v) is 15.5. The molecule has 2 aliphatic rings. The van der Waals surface area contributed by atoms with Gasteiger partial charge in [0.2, 0.25) is 0 Å². The molecule has 4 rings (SSSR count). The first-order valence-electron chi connectivity index (χ1n) is 9.86. The van der Waals surface area contributed by atoms with Crippen LogP contribution < -0.4 is 5.32 Å². The molecular formula is C20H26N4O3. The number of ether oxygens (including phenoxy) is 1. The van der Waals surface area contributed by atoms with Crippen molar-refractivity contribution in [2.24, 2.45) is 0 Å². The van der Waals surface area contributed by atoms with Gasteiger partial charge in [-0.1, -0.05) is 31.7 Å². The molecule has 1 saturated heterocycles. The highest BCUT2D eigenvalue weighted by molar-refractivity contribution is 6.01. The maximum absolute atomic E-state index is 13.0. The number of hydrogen-bond donors (Lipinski definition) is 1. The lowest BCUT2D eigenvalue weighted by Gasteiger charge is -2.33. The SMILES string of the molecule is O=C(NC1CCCCCC1)C1CN(C(=O)c2cnn3ccccc23)CCO1. The van der Waals surface area contributed by atoms with E-state index in [0.29, 0.717) is 18.7 Å². The summed E-state index contributed by atoms with van der Waals surface area (Å²) in [6.45, 7) is 1.13. The maximum atomic E-state index is 13.0. The van der Waals surface area contributed by atoms with E-state index in [4.69, 9.17) is 4.74 Å². The fourth-order valence-electron chi connectivity index (χ4n) is 3.98. The molecule has 3 heterocycles. The number of pyridine rings is 1. The Labute approximate surface area is 158 Å². The molecule has 7 nitrogen and oxygen atoms in total. The van der Waals surface area contributed by atoms with Gasteiger partial charge in [0, 0.05) is 18.8 Å². The highest BCUT2D eigenvalue weighted by Crippen LogP contribution is 2.19. The number of rotatable bonds is 3. The van der Waals surface area contributed by atoms with E-state index in [0.717, 1.165) is 31.2 Å². The van der Waals surface area contributed by atoms with Crippen LogP contribution in [0, 0.1) is 0 Å². The summed E-state index contributed by atoms with van der Waals surface area (Å²) in [5.41, 5.74) is 1.33. The van der Waals surface area contributed by atoms with Crippen LogP contribution in [0.1, 0.15) is 48.9 Å². The standard InChI is InChI=1S/C20H26N4O3/c25-19(22-15-7-3-1-2-4-8-15)18-14-23(11-12-27-18)20(26)16-13-21-24-10-6-5-9-17(16)24/h5-6,9-10,13,15,18H,1-4,7-8,11-12,14H2,(H,22,25). The third-order valence-electron chi connectivity index (χ3n) is 5.50. The van der Waals surface area contributed by atoms with Crippen molar-refractivity contribution in [3.63, 3.8) is 0 Å². The first-order chi connectivity index (χ1) is 13.2. The number of nitrogens with one attached hydrogen (secondary N) is 1. The summed E-state index contributed by atoms with van der Waals surface area (Å²) in [5, 5.41) is 7.37. The lowest BCUT2D eigenvalue weighted by molar-refractivity contribution is -0.138. The van der Waals surface area contributed by atoms with E-state index in [9.17, 15) is 9.59 Å². The Morgan fingerprint density at radius 3 is 2.78 bits per heavy atom. The molecule has 0 radical (unpaired) electrons. The van der Waals surface area contributed by atoms with Gasteiger partial charge in [0.15, 0.2) is 6.10 Å². The average molecular weight is 370 g/mol. The van der Waals surface area contributed by atoms with Crippen LogP contribution >= 0.6 is 0 Å². The second kappa shape index (κ2) is 8.08. The molecule has 2 fully saturated rings. The number of carbonyl (C=O) groups excluding carboxylic acids is 2. The fraction of sp³-hybridized carbons (Fsp3) is 0.550.